The third-order valence-electron chi connectivity index (χ3n) is 3.01. The lowest BCUT2D eigenvalue weighted by Crippen LogP contribution is -2.00. The van der Waals surface area contributed by atoms with E-state index in [-0.39, 0.29) is 0 Å². The molecule has 0 unspecified atom stereocenters. The van der Waals surface area contributed by atoms with Gasteiger partial charge in [-0.05, 0) is 37.1 Å². The summed E-state index contributed by atoms with van der Waals surface area (Å²) in [6.45, 7) is 4.94. The number of benzene rings is 1. The van der Waals surface area contributed by atoms with Crippen LogP contribution in [0.1, 0.15) is 16.8 Å². The Morgan fingerprint density at radius 1 is 1.22 bits per heavy atom. The number of nitrogens with one attached hydrogen (secondary N) is 3. The van der Waals surface area contributed by atoms with E-state index in [4.69, 9.17) is 0 Å². The Morgan fingerprint density at radius 3 is 2.89 bits per heavy atom. The van der Waals surface area contributed by atoms with Crippen LogP contribution in [0.5, 0.6) is 0 Å². The number of hydrogen-bond donors (Lipinski definition) is 3. The number of fused-ring (bicyclic) bond motifs is 1. The fourth-order valence-corrected chi connectivity index (χ4v) is 2.22. The van der Waals surface area contributed by atoms with Crippen molar-refractivity contribution in [3.63, 3.8) is 0 Å². The van der Waals surface area contributed by atoms with Crippen LogP contribution in [0.2, 0.25) is 0 Å². The molecule has 0 aliphatic rings. The topological polar surface area (TPSA) is 69.4 Å². The molecule has 0 fully saturated rings. The minimum absolute atomic E-state index is 0.682. The van der Waals surface area contributed by atoms with Crippen molar-refractivity contribution in [3.8, 4) is 0 Å². The number of aromatic amines is 2. The van der Waals surface area contributed by atoms with Gasteiger partial charge in [0, 0.05) is 16.6 Å². The highest BCUT2D eigenvalue weighted by molar-refractivity contribution is 5.84. The molecule has 0 aliphatic heterocycles. The average molecular weight is 241 g/mol. The van der Waals surface area contributed by atoms with E-state index < -0.39 is 0 Å². The van der Waals surface area contributed by atoms with Crippen molar-refractivity contribution in [2.24, 2.45) is 0 Å². The van der Waals surface area contributed by atoms with Crippen LogP contribution in [0.3, 0.4) is 0 Å². The zero-order chi connectivity index (χ0) is 12.5. The fraction of sp³-hybridized carbons (Fsp3) is 0.231. The predicted octanol–water partition coefficient (Wildman–Crippen LogP) is 2.51. The van der Waals surface area contributed by atoms with E-state index >= 15 is 0 Å². The quantitative estimate of drug-likeness (QED) is 0.660. The highest BCUT2D eigenvalue weighted by Gasteiger charge is 2.04. The van der Waals surface area contributed by atoms with Gasteiger partial charge in [0.2, 0.25) is 5.95 Å². The van der Waals surface area contributed by atoms with E-state index in [1.54, 1.807) is 0 Å². The summed E-state index contributed by atoms with van der Waals surface area (Å²) >= 11 is 0. The molecule has 0 radical (unpaired) electrons. The Balaban J connectivity index is 1.87. The van der Waals surface area contributed by atoms with E-state index in [2.05, 4.69) is 57.5 Å². The number of hydrogen-bond acceptors (Lipinski definition) is 3. The summed E-state index contributed by atoms with van der Waals surface area (Å²) in [7, 11) is 0. The number of H-pyrrole nitrogens is 2. The molecule has 1 aromatic carbocycles. The first-order valence-corrected chi connectivity index (χ1v) is 5.90. The van der Waals surface area contributed by atoms with Crippen LogP contribution in [0.25, 0.3) is 10.9 Å². The van der Waals surface area contributed by atoms with Gasteiger partial charge in [-0.25, -0.2) is 10.1 Å². The second-order valence-electron chi connectivity index (χ2n) is 4.53. The van der Waals surface area contributed by atoms with Gasteiger partial charge in [0.05, 0.1) is 6.54 Å². The summed E-state index contributed by atoms with van der Waals surface area (Å²) in [6.07, 6.45) is 1.49. The Morgan fingerprint density at radius 2 is 2.11 bits per heavy atom. The van der Waals surface area contributed by atoms with E-state index in [1.165, 1.54) is 28.4 Å². The lowest BCUT2D eigenvalue weighted by Gasteiger charge is -1.98. The standard InChI is InChI=1S/C13H15N5/c1-8-3-9(2)11-5-10(17-12(11)4-8)6-14-13-15-7-16-18-13/h3-5,7,17H,6H2,1-2H3,(H2,14,15,16,18). The van der Waals surface area contributed by atoms with Crippen molar-refractivity contribution >= 4 is 16.9 Å². The average Bonchev–Trinajstić information content (AvgIpc) is 2.93. The van der Waals surface area contributed by atoms with Crippen LogP contribution < -0.4 is 5.32 Å². The van der Waals surface area contributed by atoms with Gasteiger partial charge < -0.3 is 10.3 Å². The Kier molecular flexibility index (Phi) is 2.51. The SMILES string of the molecule is Cc1cc(C)c2cc(CNc3ncn[nH]3)[nH]c2c1. The highest BCUT2D eigenvalue weighted by Crippen LogP contribution is 2.21. The molecule has 0 atom stereocenters. The summed E-state index contributed by atoms with van der Waals surface area (Å²) in [5.41, 5.74) is 4.89. The minimum Gasteiger partial charge on any atom is -0.357 e. The molecule has 92 valence electrons. The molecule has 0 bridgehead atoms. The third-order valence-corrected chi connectivity index (χ3v) is 3.01. The fourth-order valence-electron chi connectivity index (χ4n) is 2.22. The number of aromatic nitrogens is 4. The molecule has 5 heteroatoms. The molecule has 3 rings (SSSR count). The number of rotatable bonds is 3. The molecule has 0 spiro atoms. The summed E-state index contributed by atoms with van der Waals surface area (Å²) < 4.78 is 0. The molecular weight excluding hydrogens is 226 g/mol. The van der Waals surface area contributed by atoms with Gasteiger partial charge in [0.1, 0.15) is 6.33 Å². The molecular formula is C13H15N5. The first kappa shape index (κ1) is 10.8. The van der Waals surface area contributed by atoms with Crippen LogP contribution in [-0.2, 0) is 6.54 Å². The van der Waals surface area contributed by atoms with Gasteiger partial charge in [-0.15, -0.1) is 0 Å². The maximum atomic E-state index is 4.03. The molecule has 2 heterocycles. The van der Waals surface area contributed by atoms with E-state index in [0.29, 0.717) is 12.5 Å². The Labute approximate surface area is 105 Å². The summed E-state index contributed by atoms with van der Waals surface area (Å²) in [4.78, 5) is 7.44. The zero-order valence-electron chi connectivity index (χ0n) is 10.4. The number of nitrogens with zero attached hydrogens (tertiary/aromatic N) is 2. The van der Waals surface area contributed by atoms with Gasteiger partial charge in [-0.1, -0.05) is 6.07 Å². The van der Waals surface area contributed by atoms with Gasteiger partial charge in [-0.3, -0.25) is 0 Å². The lowest BCUT2D eigenvalue weighted by molar-refractivity contribution is 1.02. The first-order valence-electron chi connectivity index (χ1n) is 5.90. The maximum Gasteiger partial charge on any atom is 0.218 e. The summed E-state index contributed by atoms with van der Waals surface area (Å²) in [5, 5.41) is 11.0. The van der Waals surface area contributed by atoms with Crippen molar-refractivity contribution in [1.82, 2.24) is 20.2 Å². The highest BCUT2D eigenvalue weighted by atomic mass is 15.3. The smallest absolute Gasteiger partial charge is 0.218 e. The summed E-state index contributed by atoms with van der Waals surface area (Å²) in [5.74, 6) is 0.682. The molecule has 3 aromatic rings. The van der Waals surface area contributed by atoms with Gasteiger partial charge in [0.15, 0.2) is 0 Å². The third kappa shape index (κ3) is 1.95. The molecule has 2 aromatic heterocycles. The Hall–Kier alpha value is -2.30. The minimum atomic E-state index is 0.682. The number of anilines is 1. The van der Waals surface area contributed by atoms with Crippen molar-refractivity contribution in [1.29, 1.82) is 0 Å². The van der Waals surface area contributed by atoms with Crippen molar-refractivity contribution in [2.45, 2.75) is 20.4 Å². The van der Waals surface area contributed by atoms with Crippen LogP contribution in [0.15, 0.2) is 24.5 Å². The molecule has 0 saturated heterocycles. The molecule has 0 saturated carbocycles. The van der Waals surface area contributed by atoms with E-state index in [0.717, 1.165) is 5.69 Å². The van der Waals surface area contributed by atoms with Gasteiger partial charge >= 0.3 is 0 Å². The van der Waals surface area contributed by atoms with Gasteiger partial charge in [-0.2, -0.15) is 5.10 Å². The molecule has 5 nitrogen and oxygen atoms in total. The molecule has 0 aliphatic carbocycles. The van der Waals surface area contributed by atoms with Crippen molar-refractivity contribution in [2.75, 3.05) is 5.32 Å². The predicted molar refractivity (Wildman–Crippen MR) is 71.5 cm³/mol. The largest absolute Gasteiger partial charge is 0.357 e. The zero-order valence-corrected chi connectivity index (χ0v) is 10.4. The molecule has 0 amide bonds. The van der Waals surface area contributed by atoms with Crippen LogP contribution in [0.4, 0.5) is 5.95 Å². The van der Waals surface area contributed by atoms with Crippen LogP contribution in [-0.4, -0.2) is 20.2 Å². The summed E-state index contributed by atoms with van der Waals surface area (Å²) in [6, 6.07) is 6.54. The molecule has 3 N–H and O–H groups in total. The van der Waals surface area contributed by atoms with Crippen LogP contribution >= 0.6 is 0 Å². The van der Waals surface area contributed by atoms with Crippen LogP contribution in [0, 0.1) is 13.8 Å². The first-order chi connectivity index (χ1) is 8.72. The molecule has 18 heavy (non-hydrogen) atoms. The van der Waals surface area contributed by atoms with Crippen molar-refractivity contribution in [3.05, 3.63) is 41.3 Å². The van der Waals surface area contributed by atoms with Crippen molar-refractivity contribution < 1.29 is 0 Å². The normalized spacial score (nSPS) is 11.0. The maximum absolute atomic E-state index is 4.03. The van der Waals surface area contributed by atoms with E-state index in [1.807, 2.05) is 0 Å². The van der Waals surface area contributed by atoms with E-state index in [9.17, 15) is 0 Å². The number of aryl methyl sites for hydroxylation is 2. The Bertz CT molecular complexity index is 666. The second-order valence-corrected chi connectivity index (χ2v) is 4.53. The lowest BCUT2D eigenvalue weighted by atomic mass is 10.1. The second kappa shape index (κ2) is 4.18. The monoisotopic (exact) mass is 241 g/mol. The van der Waals surface area contributed by atoms with Gasteiger partial charge in [0.25, 0.3) is 0 Å².